The largest absolute Gasteiger partial charge is 0.485 e. The molecule has 1 aromatic rings. The van der Waals surface area contributed by atoms with Crippen molar-refractivity contribution in [1.29, 1.82) is 0 Å². The summed E-state index contributed by atoms with van der Waals surface area (Å²) in [6, 6.07) is 0. The summed E-state index contributed by atoms with van der Waals surface area (Å²) in [7, 11) is 0. The minimum atomic E-state index is -0.227. The Morgan fingerprint density at radius 1 is 1.62 bits per heavy atom. The zero-order valence-corrected chi connectivity index (χ0v) is 8.15. The zero-order valence-electron chi connectivity index (χ0n) is 8.15. The summed E-state index contributed by atoms with van der Waals surface area (Å²) in [6.07, 6.45) is 4.11. The Hall–Kier alpha value is -1.32. The van der Waals surface area contributed by atoms with Crippen LogP contribution in [0, 0.1) is 0 Å². The Kier molecular flexibility index (Phi) is 2.70. The molecule has 0 atom stereocenters. The van der Waals surface area contributed by atoms with E-state index in [1.165, 1.54) is 4.68 Å². The first-order valence-corrected chi connectivity index (χ1v) is 4.16. The predicted molar refractivity (Wildman–Crippen MR) is 48.7 cm³/mol. The van der Waals surface area contributed by atoms with Crippen molar-refractivity contribution >= 4 is 6.29 Å². The highest BCUT2D eigenvalue weighted by molar-refractivity contribution is 5.48. The van der Waals surface area contributed by atoms with Crippen molar-refractivity contribution in [3.8, 4) is 5.75 Å². The van der Waals surface area contributed by atoms with Gasteiger partial charge in [-0.15, -0.1) is 0 Å². The van der Waals surface area contributed by atoms with Crippen LogP contribution in [0.1, 0.15) is 20.8 Å². The molecule has 0 aliphatic heterocycles. The van der Waals surface area contributed by atoms with Crippen molar-refractivity contribution in [1.82, 2.24) is 9.78 Å². The molecule has 0 spiro atoms. The van der Waals surface area contributed by atoms with E-state index in [0.717, 1.165) is 6.29 Å². The lowest BCUT2D eigenvalue weighted by molar-refractivity contribution is -0.108. The van der Waals surface area contributed by atoms with Crippen LogP contribution in [-0.2, 0) is 11.3 Å². The van der Waals surface area contributed by atoms with Gasteiger partial charge in [0.05, 0.1) is 18.9 Å². The number of hydrogen-bond acceptors (Lipinski definition) is 3. The minimum Gasteiger partial charge on any atom is -0.485 e. The van der Waals surface area contributed by atoms with Crippen LogP contribution in [0.25, 0.3) is 0 Å². The first-order chi connectivity index (χ1) is 6.01. The van der Waals surface area contributed by atoms with Crippen LogP contribution < -0.4 is 4.74 Å². The number of aldehydes is 1. The summed E-state index contributed by atoms with van der Waals surface area (Å²) in [6.45, 7) is 6.16. The minimum absolute atomic E-state index is 0.227. The molecule has 1 aromatic heterocycles. The standard InChI is InChI=1S/C9H14N2O2/c1-9(2,3)13-8-6-10-11(7-8)4-5-12/h5-7H,4H2,1-3H3. The maximum atomic E-state index is 10.2. The second-order valence-corrected chi connectivity index (χ2v) is 3.78. The molecule has 0 fully saturated rings. The monoisotopic (exact) mass is 182 g/mol. The van der Waals surface area contributed by atoms with Crippen LogP contribution in [-0.4, -0.2) is 21.7 Å². The van der Waals surface area contributed by atoms with Crippen molar-refractivity contribution in [3.63, 3.8) is 0 Å². The lowest BCUT2D eigenvalue weighted by atomic mass is 10.2. The molecule has 0 unspecified atom stereocenters. The number of rotatable bonds is 3. The molecule has 0 saturated carbocycles. The SMILES string of the molecule is CC(C)(C)Oc1cnn(CC=O)c1. The summed E-state index contributed by atoms with van der Waals surface area (Å²) in [4.78, 5) is 10.2. The molecule has 0 saturated heterocycles. The molecule has 0 aliphatic rings. The molecule has 4 nitrogen and oxygen atoms in total. The van der Waals surface area contributed by atoms with Gasteiger partial charge in [0, 0.05) is 0 Å². The van der Waals surface area contributed by atoms with Gasteiger partial charge in [-0.25, -0.2) is 0 Å². The maximum Gasteiger partial charge on any atom is 0.157 e. The fourth-order valence-corrected chi connectivity index (χ4v) is 0.927. The van der Waals surface area contributed by atoms with Crippen molar-refractivity contribution < 1.29 is 9.53 Å². The number of carbonyl (C=O) groups is 1. The van der Waals surface area contributed by atoms with E-state index in [1.807, 2.05) is 20.8 Å². The molecular formula is C9H14N2O2. The first-order valence-electron chi connectivity index (χ1n) is 4.16. The summed E-state index contributed by atoms with van der Waals surface area (Å²) in [5, 5.41) is 3.95. The van der Waals surface area contributed by atoms with E-state index < -0.39 is 0 Å². The number of aromatic nitrogens is 2. The van der Waals surface area contributed by atoms with E-state index in [9.17, 15) is 4.79 Å². The third kappa shape index (κ3) is 3.27. The molecule has 0 aromatic carbocycles. The topological polar surface area (TPSA) is 44.1 Å². The van der Waals surface area contributed by atoms with Gasteiger partial charge in [-0.3, -0.25) is 4.68 Å². The summed E-state index contributed by atoms with van der Waals surface area (Å²) >= 11 is 0. The van der Waals surface area contributed by atoms with E-state index in [2.05, 4.69) is 5.10 Å². The third-order valence-electron chi connectivity index (χ3n) is 1.30. The Morgan fingerprint density at radius 3 is 2.85 bits per heavy atom. The number of carbonyl (C=O) groups excluding carboxylic acids is 1. The quantitative estimate of drug-likeness (QED) is 0.661. The van der Waals surface area contributed by atoms with E-state index in [1.54, 1.807) is 12.4 Å². The van der Waals surface area contributed by atoms with Crippen molar-refractivity contribution in [3.05, 3.63) is 12.4 Å². The van der Waals surface area contributed by atoms with Crippen LogP contribution in [0.15, 0.2) is 12.4 Å². The molecule has 4 heteroatoms. The van der Waals surface area contributed by atoms with E-state index in [4.69, 9.17) is 4.74 Å². The lowest BCUT2D eigenvalue weighted by Crippen LogP contribution is -2.22. The molecule has 13 heavy (non-hydrogen) atoms. The highest BCUT2D eigenvalue weighted by Crippen LogP contribution is 2.16. The molecule has 0 amide bonds. The first kappa shape index (κ1) is 9.77. The third-order valence-corrected chi connectivity index (χ3v) is 1.30. The van der Waals surface area contributed by atoms with Gasteiger partial charge in [-0.05, 0) is 20.8 Å². The van der Waals surface area contributed by atoms with Gasteiger partial charge in [0.1, 0.15) is 11.9 Å². The molecular weight excluding hydrogens is 168 g/mol. The van der Waals surface area contributed by atoms with Gasteiger partial charge in [0.25, 0.3) is 0 Å². The maximum absolute atomic E-state index is 10.2. The number of nitrogens with zero attached hydrogens (tertiary/aromatic N) is 2. The van der Waals surface area contributed by atoms with Gasteiger partial charge < -0.3 is 9.53 Å². The van der Waals surface area contributed by atoms with Gasteiger partial charge in [-0.2, -0.15) is 5.10 Å². The molecule has 1 heterocycles. The van der Waals surface area contributed by atoms with Crippen LogP contribution >= 0.6 is 0 Å². The Labute approximate surface area is 77.5 Å². The van der Waals surface area contributed by atoms with Gasteiger partial charge in [0.15, 0.2) is 5.75 Å². The average molecular weight is 182 g/mol. The Balaban J connectivity index is 2.63. The summed E-state index contributed by atoms with van der Waals surface area (Å²) in [5.74, 6) is 0.689. The van der Waals surface area contributed by atoms with Crippen LogP contribution in [0.4, 0.5) is 0 Å². The molecule has 0 aliphatic carbocycles. The fraction of sp³-hybridized carbons (Fsp3) is 0.556. The highest BCUT2D eigenvalue weighted by Gasteiger charge is 2.12. The molecule has 1 rings (SSSR count). The van der Waals surface area contributed by atoms with E-state index >= 15 is 0 Å². The zero-order chi connectivity index (χ0) is 9.90. The highest BCUT2D eigenvalue weighted by atomic mass is 16.5. The molecule has 72 valence electrons. The van der Waals surface area contributed by atoms with Crippen molar-refractivity contribution in [2.75, 3.05) is 0 Å². The van der Waals surface area contributed by atoms with Gasteiger partial charge >= 0.3 is 0 Å². The fourth-order valence-electron chi connectivity index (χ4n) is 0.927. The molecule has 0 N–H and O–H groups in total. The normalized spacial score (nSPS) is 11.3. The average Bonchev–Trinajstić information content (AvgIpc) is 2.33. The van der Waals surface area contributed by atoms with Crippen LogP contribution in [0.5, 0.6) is 5.75 Å². The number of hydrogen-bond donors (Lipinski definition) is 0. The summed E-state index contributed by atoms with van der Waals surface area (Å²) in [5.41, 5.74) is -0.227. The molecule has 0 bridgehead atoms. The lowest BCUT2D eigenvalue weighted by Gasteiger charge is -2.19. The Morgan fingerprint density at radius 2 is 2.31 bits per heavy atom. The van der Waals surface area contributed by atoms with Crippen molar-refractivity contribution in [2.24, 2.45) is 0 Å². The smallest absolute Gasteiger partial charge is 0.157 e. The van der Waals surface area contributed by atoms with Crippen molar-refractivity contribution in [2.45, 2.75) is 32.9 Å². The molecule has 0 radical (unpaired) electrons. The van der Waals surface area contributed by atoms with Crippen LogP contribution in [0.2, 0.25) is 0 Å². The van der Waals surface area contributed by atoms with Gasteiger partial charge in [-0.1, -0.05) is 0 Å². The predicted octanol–water partition coefficient (Wildman–Crippen LogP) is 1.26. The van der Waals surface area contributed by atoms with E-state index in [-0.39, 0.29) is 12.1 Å². The van der Waals surface area contributed by atoms with Gasteiger partial charge in [0.2, 0.25) is 0 Å². The van der Waals surface area contributed by atoms with Crippen LogP contribution in [0.3, 0.4) is 0 Å². The summed E-state index contributed by atoms with van der Waals surface area (Å²) < 4.78 is 7.07. The van der Waals surface area contributed by atoms with E-state index in [0.29, 0.717) is 5.75 Å². The second-order valence-electron chi connectivity index (χ2n) is 3.78. The second kappa shape index (κ2) is 3.60. The number of ether oxygens (including phenoxy) is 1. The Bertz CT molecular complexity index is 286.